The summed E-state index contributed by atoms with van der Waals surface area (Å²) in [5.41, 5.74) is 1.22. The number of carbonyl (C=O) groups excluding carboxylic acids is 1. The topological polar surface area (TPSA) is 49.3 Å². The highest BCUT2D eigenvalue weighted by Gasteiger charge is 2.30. The molecule has 0 spiro atoms. The predicted molar refractivity (Wildman–Crippen MR) is 66.5 cm³/mol. The van der Waals surface area contributed by atoms with Crippen molar-refractivity contribution < 1.29 is 9.90 Å². The normalized spacial score (nSPS) is 23.6. The van der Waals surface area contributed by atoms with Crippen molar-refractivity contribution in [2.24, 2.45) is 5.92 Å². The Morgan fingerprint density at radius 1 is 1.29 bits per heavy atom. The van der Waals surface area contributed by atoms with Crippen molar-refractivity contribution in [2.45, 2.75) is 31.8 Å². The molecule has 1 saturated carbocycles. The molecule has 1 amide bonds. The third kappa shape index (κ3) is 3.30. The largest absolute Gasteiger partial charge is 0.392 e. The van der Waals surface area contributed by atoms with Crippen LogP contribution in [-0.2, 0) is 11.2 Å². The van der Waals surface area contributed by atoms with Gasteiger partial charge in [0.25, 0.3) is 0 Å². The number of carbonyl (C=O) groups is 1. The van der Waals surface area contributed by atoms with E-state index in [1.165, 1.54) is 5.56 Å². The van der Waals surface area contributed by atoms with Gasteiger partial charge in [-0.05, 0) is 31.2 Å². The van der Waals surface area contributed by atoms with Crippen LogP contribution in [0.1, 0.15) is 24.8 Å². The minimum absolute atomic E-state index is 0.00549. The third-order valence-corrected chi connectivity index (χ3v) is 3.37. The Labute approximate surface area is 102 Å². The molecule has 2 N–H and O–H groups in total. The van der Waals surface area contributed by atoms with Crippen LogP contribution in [0.25, 0.3) is 0 Å². The van der Waals surface area contributed by atoms with Gasteiger partial charge < -0.3 is 10.4 Å². The maximum atomic E-state index is 11.8. The van der Waals surface area contributed by atoms with Crippen molar-refractivity contribution in [1.82, 2.24) is 5.32 Å². The SMILES string of the molecule is O=C(NCCc1ccccc1)C1CCCC1O. The summed E-state index contributed by atoms with van der Waals surface area (Å²) in [5.74, 6) is -0.184. The fraction of sp³-hybridized carbons (Fsp3) is 0.500. The van der Waals surface area contributed by atoms with Gasteiger partial charge in [-0.3, -0.25) is 4.79 Å². The fourth-order valence-corrected chi connectivity index (χ4v) is 2.35. The van der Waals surface area contributed by atoms with Gasteiger partial charge in [-0.25, -0.2) is 0 Å². The maximum Gasteiger partial charge on any atom is 0.225 e. The number of benzene rings is 1. The van der Waals surface area contributed by atoms with Crippen LogP contribution in [0.3, 0.4) is 0 Å². The molecule has 17 heavy (non-hydrogen) atoms. The van der Waals surface area contributed by atoms with Gasteiger partial charge in [0.2, 0.25) is 5.91 Å². The summed E-state index contributed by atoms with van der Waals surface area (Å²) < 4.78 is 0. The molecule has 2 atom stereocenters. The fourth-order valence-electron chi connectivity index (χ4n) is 2.35. The lowest BCUT2D eigenvalue weighted by Crippen LogP contribution is -2.35. The van der Waals surface area contributed by atoms with Crippen LogP contribution in [0, 0.1) is 5.92 Å². The Morgan fingerprint density at radius 2 is 2.06 bits per heavy atom. The molecule has 0 saturated heterocycles. The average Bonchev–Trinajstić information content (AvgIpc) is 2.77. The number of nitrogens with one attached hydrogen (secondary N) is 1. The van der Waals surface area contributed by atoms with Crippen LogP contribution >= 0.6 is 0 Å². The number of aliphatic hydroxyl groups excluding tert-OH is 1. The minimum Gasteiger partial charge on any atom is -0.392 e. The molecule has 2 unspecified atom stereocenters. The summed E-state index contributed by atoms with van der Waals surface area (Å²) in [6, 6.07) is 10.1. The summed E-state index contributed by atoms with van der Waals surface area (Å²) in [7, 11) is 0. The molecule has 0 aromatic heterocycles. The standard InChI is InChI=1S/C14H19NO2/c16-13-8-4-7-12(13)14(17)15-10-9-11-5-2-1-3-6-11/h1-3,5-6,12-13,16H,4,7-10H2,(H,15,17). The highest BCUT2D eigenvalue weighted by atomic mass is 16.3. The van der Waals surface area contributed by atoms with Gasteiger partial charge in [0.05, 0.1) is 12.0 Å². The molecule has 0 radical (unpaired) electrons. The van der Waals surface area contributed by atoms with Crippen molar-refractivity contribution in [1.29, 1.82) is 0 Å². The molecule has 1 aliphatic carbocycles. The van der Waals surface area contributed by atoms with Crippen LogP contribution in [-0.4, -0.2) is 23.7 Å². The summed E-state index contributed by atoms with van der Waals surface area (Å²) >= 11 is 0. The smallest absolute Gasteiger partial charge is 0.225 e. The van der Waals surface area contributed by atoms with Gasteiger partial charge in [-0.1, -0.05) is 30.3 Å². The minimum atomic E-state index is -0.438. The van der Waals surface area contributed by atoms with Gasteiger partial charge >= 0.3 is 0 Å². The van der Waals surface area contributed by atoms with E-state index in [1.54, 1.807) is 0 Å². The Bertz CT molecular complexity index is 364. The van der Waals surface area contributed by atoms with E-state index in [2.05, 4.69) is 17.4 Å². The number of rotatable bonds is 4. The first-order valence-corrected chi connectivity index (χ1v) is 6.27. The van der Waals surface area contributed by atoms with E-state index in [9.17, 15) is 9.90 Å². The van der Waals surface area contributed by atoms with E-state index in [0.29, 0.717) is 6.54 Å². The van der Waals surface area contributed by atoms with Crippen molar-refractivity contribution in [3.8, 4) is 0 Å². The first-order valence-electron chi connectivity index (χ1n) is 6.27. The molecule has 1 aliphatic rings. The lowest BCUT2D eigenvalue weighted by Gasteiger charge is -2.14. The Balaban J connectivity index is 1.73. The van der Waals surface area contributed by atoms with Crippen molar-refractivity contribution in [2.75, 3.05) is 6.54 Å². The van der Waals surface area contributed by atoms with E-state index in [1.807, 2.05) is 18.2 Å². The highest BCUT2D eigenvalue weighted by Crippen LogP contribution is 2.25. The summed E-state index contributed by atoms with van der Waals surface area (Å²) in [5, 5.41) is 12.5. The van der Waals surface area contributed by atoms with Crippen LogP contribution in [0.2, 0.25) is 0 Å². The lowest BCUT2D eigenvalue weighted by molar-refractivity contribution is -0.127. The van der Waals surface area contributed by atoms with E-state index in [-0.39, 0.29) is 11.8 Å². The number of hydrogen-bond acceptors (Lipinski definition) is 2. The molecule has 1 aromatic carbocycles. The molecule has 1 fully saturated rings. The second-order valence-corrected chi connectivity index (χ2v) is 4.63. The Kier molecular flexibility index (Phi) is 4.15. The number of aliphatic hydroxyl groups is 1. The average molecular weight is 233 g/mol. The molecule has 3 nitrogen and oxygen atoms in total. The first-order chi connectivity index (χ1) is 8.27. The van der Waals surface area contributed by atoms with Gasteiger partial charge in [0.15, 0.2) is 0 Å². The second kappa shape index (κ2) is 5.82. The van der Waals surface area contributed by atoms with Gasteiger partial charge in [-0.15, -0.1) is 0 Å². The summed E-state index contributed by atoms with van der Waals surface area (Å²) in [6.45, 7) is 0.645. The second-order valence-electron chi connectivity index (χ2n) is 4.63. The molecular weight excluding hydrogens is 214 g/mol. The molecule has 0 heterocycles. The predicted octanol–water partition coefficient (Wildman–Crippen LogP) is 1.51. The first kappa shape index (κ1) is 12.1. The number of amides is 1. The van der Waals surface area contributed by atoms with Crippen LogP contribution in [0.5, 0.6) is 0 Å². The van der Waals surface area contributed by atoms with Gasteiger partial charge in [-0.2, -0.15) is 0 Å². The maximum absolute atomic E-state index is 11.8. The third-order valence-electron chi connectivity index (χ3n) is 3.37. The van der Waals surface area contributed by atoms with Gasteiger partial charge in [0.1, 0.15) is 0 Å². The van der Waals surface area contributed by atoms with Gasteiger partial charge in [0, 0.05) is 6.54 Å². The van der Waals surface area contributed by atoms with Crippen molar-refractivity contribution >= 4 is 5.91 Å². The summed E-state index contributed by atoms with van der Waals surface area (Å²) in [6.07, 6.45) is 2.94. The monoisotopic (exact) mass is 233 g/mol. The Hall–Kier alpha value is -1.35. The van der Waals surface area contributed by atoms with E-state index < -0.39 is 6.10 Å². The molecule has 2 rings (SSSR count). The molecule has 1 aromatic rings. The zero-order chi connectivity index (χ0) is 12.1. The molecule has 92 valence electrons. The molecule has 0 aliphatic heterocycles. The quantitative estimate of drug-likeness (QED) is 0.828. The molecular formula is C14H19NO2. The van der Waals surface area contributed by atoms with E-state index in [4.69, 9.17) is 0 Å². The zero-order valence-electron chi connectivity index (χ0n) is 9.93. The van der Waals surface area contributed by atoms with Crippen molar-refractivity contribution in [3.63, 3.8) is 0 Å². The van der Waals surface area contributed by atoms with E-state index >= 15 is 0 Å². The number of hydrogen-bond donors (Lipinski definition) is 2. The highest BCUT2D eigenvalue weighted by molar-refractivity contribution is 5.79. The molecule has 0 bridgehead atoms. The van der Waals surface area contributed by atoms with E-state index in [0.717, 1.165) is 25.7 Å². The lowest BCUT2D eigenvalue weighted by atomic mass is 10.1. The Morgan fingerprint density at radius 3 is 2.71 bits per heavy atom. The molecule has 3 heteroatoms. The van der Waals surface area contributed by atoms with Crippen molar-refractivity contribution in [3.05, 3.63) is 35.9 Å². The van der Waals surface area contributed by atoms with Crippen LogP contribution < -0.4 is 5.32 Å². The summed E-state index contributed by atoms with van der Waals surface area (Å²) in [4.78, 5) is 11.8. The van der Waals surface area contributed by atoms with Crippen LogP contribution in [0.15, 0.2) is 30.3 Å². The zero-order valence-corrected chi connectivity index (χ0v) is 9.93. The van der Waals surface area contributed by atoms with Crippen LogP contribution in [0.4, 0.5) is 0 Å².